The molecular weight excluding hydrogens is 369 g/mol. The van der Waals surface area contributed by atoms with E-state index in [1.807, 2.05) is 0 Å². The zero-order valence-corrected chi connectivity index (χ0v) is 15.9. The second kappa shape index (κ2) is 7.26. The number of halogens is 1. The van der Waals surface area contributed by atoms with Gasteiger partial charge in [0.15, 0.2) is 11.4 Å². The van der Waals surface area contributed by atoms with Crippen molar-refractivity contribution in [3.63, 3.8) is 0 Å². The minimum Gasteiger partial charge on any atom is -0.375 e. The van der Waals surface area contributed by atoms with Crippen LogP contribution in [0.2, 0.25) is 0 Å². The van der Waals surface area contributed by atoms with E-state index in [2.05, 4.69) is 0 Å². The van der Waals surface area contributed by atoms with E-state index in [4.69, 9.17) is 0 Å². The Morgan fingerprint density at radius 3 is 2.45 bits per heavy atom. The van der Waals surface area contributed by atoms with Gasteiger partial charge >= 0.3 is 0 Å². The molecule has 5 heteroatoms. The molecule has 3 aromatic rings. The van der Waals surface area contributed by atoms with Gasteiger partial charge in [0.1, 0.15) is 5.82 Å². The minimum absolute atomic E-state index is 0.0994. The van der Waals surface area contributed by atoms with Crippen LogP contribution in [0.3, 0.4) is 0 Å². The summed E-state index contributed by atoms with van der Waals surface area (Å²) in [5, 5.41) is 11.5. The number of hydrogen-bond donors (Lipinski definition) is 1. The molecule has 1 N–H and O–H groups in total. The molecule has 2 atom stereocenters. The van der Waals surface area contributed by atoms with Gasteiger partial charge < -0.3 is 10.0 Å². The third kappa shape index (κ3) is 3.13. The van der Waals surface area contributed by atoms with Gasteiger partial charge in [0.25, 0.3) is 5.91 Å². The molecule has 0 saturated carbocycles. The number of rotatable bonds is 5. The minimum atomic E-state index is -1.99. The van der Waals surface area contributed by atoms with Crippen LogP contribution in [-0.4, -0.2) is 16.8 Å². The van der Waals surface area contributed by atoms with Crippen molar-refractivity contribution in [3.8, 4) is 0 Å². The van der Waals surface area contributed by atoms with Gasteiger partial charge in [0.2, 0.25) is 0 Å². The molecule has 0 saturated heterocycles. The van der Waals surface area contributed by atoms with Crippen LogP contribution >= 0.6 is 0 Å². The highest BCUT2D eigenvalue weighted by Crippen LogP contribution is 2.46. The summed E-state index contributed by atoms with van der Waals surface area (Å²) in [4.78, 5) is 27.8. The molecule has 146 valence electrons. The van der Waals surface area contributed by atoms with Gasteiger partial charge in [0.05, 0.1) is 18.2 Å². The van der Waals surface area contributed by atoms with Crippen LogP contribution in [-0.2, 0) is 16.9 Å². The number of Topliss-reactive ketones (excluding diaryl/α,β-unsaturated/α-hetero) is 1. The van der Waals surface area contributed by atoms with Crippen LogP contribution < -0.4 is 4.90 Å². The maximum atomic E-state index is 13.6. The average Bonchev–Trinajstić information content (AvgIpc) is 2.96. The van der Waals surface area contributed by atoms with E-state index < -0.39 is 23.2 Å². The lowest BCUT2D eigenvalue weighted by molar-refractivity contribution is -0.139. The number of aliphatic hydroxyl groups is 1. The van der Waals surface area contributed by atoms with Crippen molar-refractivity contribution >= 4 is 17.4 Å². The van der Waals surface area contributed by atoms with Gasteiger partial charge in [-0.15, -0.1) is 0 Å². The van der Waals surface area contributed by atoms with Gasteiger partial charge in [-0.05, 0) is 23.8 Å². The van der Waals surface area contributed by atoms with Crippen molar-refractivity contribution in [2.45, 2.75) is 19.1 Å². The predicted octanol–water partition coefficient (Wildman–Crippen LogP) is 4.08. The summed E-state index contributed by atoms with van der Waals surface area (Å²) in [5.41, 5.74) is -0.0477. The van der Waals surface area contributed by atoms with Gasteiger partial charge in [-0.2, -0.15) is 0 Å². The third-order valence-corrected chi connectivity index (χ3v) is 5.48. The Bertz CT molecular complexity index is 1080. The molecule has 0 fully saturated rings. The zero-order chi connectivity index (χ0) is 20.6. The lowest BCUT2D eigenvalue weighted by Gasteiger charge is -2.28. The molecule has 1 heterocycles. The van der Waals surface area contributed by atoms with Crippen LogP contribution in [0.5, 0.6) is 0 Å². The van der Waals surface area contributed by atoms with Gasteiger partial charge in [-0.3, -0.25) is 9.59 Å². The van der Waals surface area contributed by atoms with Crippen LogP contribution in [0, 0.1) is 11.7 Å². The van der Waals surface area contributed by atoms with Crippen LogP contribution in [0.1, 0.15) is 28.4 Å². The van der Waals surface area contributed by atoms with Crippen LogP contribution in [0.4, 0.5) is 10.1 Å². The molecular formula is C24H20FNO3. The van der Waals surface area contributed by atoms with E-state index in [-0.39, 0.29) is 12.3 Å². The number of hydrogen-bond acceptors (Lipinski definition) is 3. The smallest absolute Gasteiger partial charge is 0.264 e. The Kier molecular flexibility index (Phi) is 4.76. The van der Waals surface area contributed by atoms with Gasteiger partial charge in [-0.25, -0.2) is 4.39 Å². The fourth-order valence-electron chi connectivity index (χ4n) is 3.90. The second-order valence-corrected chi connectivity index (χ2v) is 7.26. The number of ketones is 1. The Morgan fingerprint density at radius 2 is 1.72 bits per heavy atom. The van der Waals surface area contributed by atoms with E-state index in [1.165, 1.54) is 17.0 Å². The molecule has 3 aromatic carbocycles. The molecule has 1 amide bonds. The van der Waals surface area contributed by atoms with Crippen LogP contribution in [0.15, 0.2) is 78.9 Å². The summed E-state index contributed by atoms with van der Waals surface area (Å²) >= 11 is 0. The second-order valence-electron chi connectivity index (χ2n) is 7.26. The van der Waals surface area contributed by atoms with Crippen molar-refractivity contribution in [2.75, 3.05) is 4.90 Å². The van der Waals surface area contributed by atoms with Crippen molar-refractivity contribution in [1.82, 2.24) is 0 Å². The van der Waals surface area contributed by atoms with E-state index in [0.717, 1.165) is 0 Å². The summed E-state index contributed by atoms with van der Waals surface area (Å²) < 4.78 is 13.6. The number of carbonyl (C=O) groups excluding carboxylic acids is 2. The standard InChI is InChI=1S/C24H20FNO3/c1-16(22(27)18-9-3-2-4-10-18)24(29)20-12-5-6-13-21(20)26(23(24)28)15-17-8-7-11-19(25)14-17/h2-14,16,29H,15H2,1H3/t16-,24-/m1/s1. The molecule has 4 nitrogen and oxygen atoms in total. The Balaban J connectivity index is 1.74. The monoisotopic (exact) mass is 389 g/mol. The van der Waals surface area contributed by atoms with Crippen molar-refractivity contribution in [3.05, 3.63) is 101 Å². The first-order valence-corrected chi connectivity index (χ1v) is 9.40. The average molecular weight is 389 g/mol. The highest BCUT2D eigenvalue weighted by atomic mass is 19.1. The summed E-state index contributed by atoms with van der Waals surface area (Å²) in [6, 6.07) is 21.5. The highest BCUT2D eigenvalue weighted by Gasteiger charge is 2.55. The molecule has 0 spiro atoms. The predicted molar refractivity (Wildman–Crippen MR) is 108 cm³/mol. The first kappa shape index (κ1) is 19.0. The zero-order valence-electron chi connectivity index (χ0n) is 15.9. The van der Waals surface area contributed by atoms with Crippen LogP contribution in [0.25, 0.3) is 0 Å². The Morgan fingerprint density at radius 1 is 1.03 bits per heavy atom. The SMILES string of the molecule is C[C@H](C(=O)c1ccccc1)[C@]1(O)C(=O)N(Cc2cccc(F)c2)c2ccccc21. The highest BCUT2D eigenvalue weighted by molar-refractivity contribution is 6.11. The number of fused-ring (bicyclic) bond motifs is 1. The first-order chi connectivity index (χ1) is 13.9. The first-order valence-electron chi connectivity index (χ1n) is 9.40. The molecule has 0 bridgehead atoms. The van der Waals surface area contributed by atoms with E-state index in [1.54, 1.807) is 73.7 Å². The third-order valence-electron chi connectivity index (χ3n) is 5.48. The van der Waals surface area contributed by atoms with Crippen molar-refractivity contribution in [2.24, 2.45) is 5.92 Å². The molecule has 0 aromatic heterocycles. The molecule has 0 aliphatic carbocycles. The summed E-state index contributed by atoms with van der Waals surface area (Å²) in [6.45, 7) is 1.66. The van der Waals surface area contributed by atoms with Gasteiger partial charge in [-0.1, -0.05) is 67.6 Å². The molecule has 1 aliphatic heterocycles. The van der Waals surface area contributed by atoms with Crippen molar-refractivity contribution < 1.29 is 19.1 Å². The quantitative estimate of drug-likeness (QED) is 0.669. The topological polar surface area (TPSA) is 57.6 Å². The number of carbonyl (C=O) groups is 2. The summed E-state index contributed by atoms with van der Waals surface area (Å²) in [6.07, 6.45) is 0. The fraction of sp³-hybridized carbons (Fsp3) is 0.167. The van der Waals surface area contributed by atoms with Gasteiger partial charge in [0, 0.05) is 11.1 Å². The molecule has 29 heavy (non-hydrogen) atoms. The summed E-state index contributed by atoms with van der Waals surface area (Å²) in [7, 11) is 0. The Hall–Kier alpha value is -3.31. The van der Waals surface area contributed by atoms with E-state index in [0.29, 0.717) is 22.4 Å². The maximum absolute atomic E-state index is 13.6. The molecule has 0 radical (unpaired) electrons. The molecule has 4 rings (SSSR count). The lowest BCUT2D eigenvalue weighted by Crippen LogP contribution is -2.47. The Labute approximate surface area is 168 Å². The van der Waals surface area contributed by atoms with E-state index in [9.17, 15) is 19.1 Å². The lowest BCUT2D eigenvalue weighted by atomic mass is 9.79. The largest absolute Gasteiger partial charge is 0.375 e. The summed E-state index contributed by atoms with van der Waals surface area (Å²) in [5.74, 6) is -2.29. The van der Waals surface area contributed by atoms with Crippen molar-refractivity contribution in [1.29, 1.82) is 0 Å². The maximum Gasteiger partial charge on any atom is 0.264 e. The van der Waals surface area contributed by atoms with E-state index >= 15 is 0 Å². The number of nitrogens with zero attached hydrogens (tertiary/aromatic N) is 1. The number of anilines is 1. The molecule has 0 unspecified atom stereocenters. The normalized spacial score (nSPS) is 19.1. The molecule has 1 aliphatic rings. The fourth-order valence-corrected chi connectivity index (χ4v) is 3.90. The number of para-hydroxylation sites is 1. The number of amides is 1. The number of benzene rings is 3.